The average molecular weight is 523 g/mol. The second kappa shape index (κ2) is 20.9. The Morgan fingerprint density at radius 3 is 1.50 bits per heavy atom. The number of hydrogen-bond acceptors (Lipinski definition) is 7. The number of esters is 2. The first-order valence-corrected chi connectivity index (χ1v) is 13.8. The summed E-state index contributed by atoms with van der Waals surface area (Å²) in [4.78, 5) is 24.7. The summed E-state index contributed by atoms with van der Waals surface area (Å²) in [5.74, 6) is -1.73. The molecule has 0 bridgehead atoms. The fourth-order valence-corrected chi connectivity index (χ4v) is 4.03. The van der Waals surface area contributed by atoms with Crippen LogP contribution in [0.15, 0.2) is 24.3 Å². The molecule has 0 aliphatic carbocycles. The summed E-state index contributed by atoms with van der Waals surface area (Å²) in [5.41, 5.74) is 0.255. The molecule has 1 aromatic carbocycles. The summed E-state index contributed by atoms with van der Waals surface area (Å²) in [6.45, 7) is 2.50. The van der Waals surface area contributed by atoms with Gasteiger partial charge in [0, 0.05) is 5.75 Å². The average Bonchev–Trinajstić information content (AvgIpc) is 2.78. The molecule has 0 N–H and O–H groups in total. The van der Waals surface area contributed by atoms with E-state index in [1.807, 2.05) is 0 Å². The van der Waals surface area contributed by atoms with Crippen LogP contribution in [0.2, 0.25) is 0 Å². The number of rotatable bonds is 19. The van der Waals surface area contributed by atoms with E-state index >= 15 is 0 Å². The van der Waals surface area contributed by atoms with Gasteiger partial charge in [-0.15, -0.1) is 0 Å². The van der Waals surface area contributed by atoms with Crippen LogP contribution in [0.3, 0.4) is 0 Å². The van der Waals surface area contributed by atoms with E-state index < -0.39 is 27.8 Å². The Balaban J connectivity index is 0.0000109. The second-order valence-corrected chi connectivity index (χ2v) is 9.85. The van der Waals surface area contributed by atoms with E-state index in [9.17, 15) is 22.6 Å². The molecular weight excluding hydrogens is 483 g/mol. The van der Waals surface area contributed by atoms with Crippen molar-refractivity contribution in [1.29, 1.82) is 0 Å². The van der Waals surface area contributed by atoms with Crippen molar-refractivity contribution >= 4 is 22.1 Å². The van der Waals surface area contributed by atoms with Crippen molar-refractivity contribution in [2.45, 2.75) is 90.4 Å². The Morgan fingerprint density at radius 1 is 0.706 bits per heavy atom. The minimum atomic E-state index is -4.27. The smallest absolute Gasteiger partial charge is 0.748 e. The molecule has 0 aliphatic rings. The van der Waals surface area contributed by atoms with Crippen LogP contribution in [0.4, 0.5) is 0 Å². The Hall–Kier alpha value is -0.294. The number of carbonyl (C=O) groups is 2. The molecule has 0 radical (unpaired) electrons. The van der Waals surface area contributed by atoms with E-state index in [0.29, 0.717) is 6.61 Å². The van der Waals surface area contributed by atoms with Crippen molar-refractivity contribution in [3.63, 3.8) is 0 Å². The Bertz CT molecular complexity index is 796. The van der Waals surface area contributed by atoms with Crippen molar-refractivity contribution in [1.82, 2.24) is 0 Å². The molecule has 0 unspecified atom stereocenters. The summed E-state index contributed by atoms with van der Waals surface area (Å²) in [6.07, 6.45) is 13.7. The maximum absolute atomic E-state index is 12.4. The van der Waals surface area contributed by atoms with Crippen LogP contribution in [-0.4, -0.2) is 43.9 Å². The van der Waals surface area contributed by atoms with Crippen LogP contribution >= 0.6 is 0 Å². The summed E-state index contributed by atoms with van der Waals surface area (Å²) >= 11 is 0. The van der Waals surface area contributed by atoms with Gasteiger partial charge in [0.2, 0.25) is 0 Å². The zero-order valence-corrected chi connectivity index (χ0v) is 24.8. The first-order chi connectivity index (χ1) is 15.8. The first-order valence-electron chi connectivity index (χ1n) is 12.2. The van der Waals surface area contributed by atoms with Gasteiger partial charge in [-0.05, 0) is 31.4 Å². The molecule has 0 aromatic heterocycles. The fraction of sp³-hybridized carbons (Fsp3) is 0.680. The third kappa shape index (κ3) is 17.2. The van der Waals surface area contributed by atoms with E-state index in [1.54, 1.807) is 12.1 Å². The van der Waals surface area contributed by atoms with Crippen LogP contribution in [0.1, 0.15) is 111 Å². The van der Waals surface area contributed by atoms with Gasteiger partial charge in [-0.3, -0.25) is 0 Å². The SMILES string of the molecule is CCCCCCCCCCCCCOC(=O)c1ccccc1C(=O)OCCCCS(=O)(=O)[O-].[K+]. The van der Waals surface area contributed by atoms with Crippen LogP contribution in [0.5, 0.6) is 0 Å². The van der Waals surface area contributed by atoms with Gasteiger partial charge < -0.3 is 14.0 Å². The van der Waals surface area contributed by atoms with E-state index in [2.05, 4.69) is 6.92 Å². The van der Waals surface area contributed by atoms with Gasteiger partial charge in [0.05, 0.1) is 34.5 Å². The van der Waals surface area contributed by atoms with Crippen LogP contribution in [-0.2, 0) is 19.6 Å². The molecule has 34 heavy (non-hydrogen) atoms. The zero-order chi connectivity index (χ0) is 24.4. The number of ether oxygens (including phenoxy) is 2. The van der Waals surface area contributed by atoms with E-state index in [1.165, 1.54) is 63.5 Å². The minimum absolute atomic E-state index is 0. The first kappa shape index (κ1) is 33.7. The molecule has 9 heteroatoms. The van der Waals surface area contributed by atoms with Crippen LogP contribution in [0, 0.1) is 0 Å². The molecule has 0 saturated heterocycles. The molecule has 0 atom stereocenters. The van der Waals surface area contributed by atoms with Gasteiger partial charge in [0.15, 0.2) is 0 Å². The van der Waals surface area contributed by atoms with Crippen molar-refractivity contribution < 1.29 is 83.4 Å². The van der Waals surface area contributed by atoms with Gasteiger partial charge in [0.25, 0.3) is 0 Å². The summed E-state index contributed by atoms with van der Waals surface area (Å²) < 4.78 is 42.2. The normalized spacial score (nSPS) is 11.0. The summed E-state index contributed by atoms with van der Waals surface area (Å²) in [6, 6.07) is 6.28. The summed E-state index contributed by atoms with van der Waals surface area (Å²) in [7, 11) is -4.27. The standard InChI is InChI=1S/C25H40O7S.K/c1-2-3-4-5-6-7-8-9-10-11-14-19-31-24(26)22-17-12-13-18-23(22)25(27)32-20-15-16-21-33(28,29)30;/h12-13,17-18H,2-11,14-16,19-21H2,1H3,(H,28,29,30);/q;+1/p-1. The van der Waals surface area contributed by atoms with Crippen molar-refractivity contribution in [2.24, 2.45) is 0 Å². The fourth-order valence-electron chi connectivity index (χ4n) is 3.47. The number of hydrogen-bond donors (Lipinski definition) is 0. The van der Waals surface area contributed by atoms with Gasteiger partial charge in [-0.2, -0.15) is 0 Å². The third-order valence-electron chi connectivity index (χ3n) is 5.37. The predicted molar refractivity (Wildman–Crippen MR) is 127 cm³/mol. The van der Waals surface area contributed by atoms with E-state index in [0.717, 1.165) is 19.3 Å². The Kier molecular flexibility index (Phi) is 20.7. The predicted octanol–water partition coefficient (Wildman–Crippen LogP) is 2.64. The van der Waals surface area contributed by atoms with Crippen molar-refractivity contribution in [3.05, 3.63) is 35.4 Å². The summed E-state index contributed by atoms with van der Waals surface area (Å²) in [5, 5.41) is 0. The van der Waals surface area contributed by atoms with Crippen molar-refractivity contribution in [3.8, 4) is 0 Å². The van der Waals surface area contributed by atoms with Crippen LogP contribution < -0.4 is 51.4 Å². The molecular formula is C25H39KO7S. The van der Waals surface area contributed by atoms with Gasteiger partial charge in [-0.25, -0.2) is 18.0 Å². The Labute approximate surface area is 247 Å². The topological polar surface area (TPSA) is 110 Å². The molecule has 7 nitrogen and oxygen atoms in total. The molecule has 0 amide bonds. The molecule has 1 aromatic rings. The molecule has 0 heterocycles. The monoisotopic (exact) mass is 522 g/mol. The molecule has 0 fully saturated rings. The van der Waals surface area contributed by atoms with Gasteiger partial charge in [0.1, 0.15) is 0 Å². The van der Waals surface area contributed by atoms with E-state index in [-0.39, 0.29) is 82.0 Å². The third-order valence-corrected chi connectivity index (χ3v) is 6.16. The number of benzene rings is 1. The van der Waals surface area contributed by atoms with E-state index in [4.69, 9.17) is 9.47 Å². The zero-order valence-electron chi connectivity index (χ0n) is 20.9. The minimum Gasteiger partial charge on any atom is -0.748 e. The largest absolute Gasteiger partial charge is 1.00 e. The maximum Gasteiger partial charge on any atom is 1.00 e. The van der Waals surface area contributed by atoms with Gasteiger partial charge >= 0.3 is 63.3 Å². The second-order valence-electron chi connectivity index (χ2n) is 8.32. The molecule has 0 saturated carbocycles. The number of unbranched alkanes of at least 4 members (excludes halogenated alkanes) is 11. The molecule has 1 rings (SSSR count). The maximum atomic E-state index is 12.4. The number of carbonyl (C=O) groups excluding carboxylic acids is 2. The van der Waals surface area contributed by atoms with Gasteiger partial charge in [-0.1, -0.05) is 83.3 Å². The molecule has 0 spiro atoms. The quantitative estimate of drug-likeness (QED) is 0.119. The molecule has 0 aliphatic heterocycles. The Morgan fingerprint density at radius 2 is 1.09 bits per heavy atom. The van der Waals surface area contributed by atoms with Crippen LogP contribution in [0.25, 0.3) is 0 Å². The molecule has 188 valence electrons. The van der Waals surface area contributed by atoms with Crippen molar-refractivity contribution in [2.75, 3.05) is 19.0 Å².